The van der Waals surface area contributed by atoms with Gasteiger partial charge < -0.3 is 5.11 Å². The molecule has 0 aliphatic carbocycles. The highest BCUT2D eigenvalue weighted by Crippen LogP contribution is 1.99. The van der Waals surface area contributed by atoms with Crippen LogP contribution < -0.4 is 0 Å². The Morgan fingerprint density at radius 2 is 2.15 bits per heavy atom. The molecule has 1 heterocycles. The molecule has 0 saturated heterocycles. The number of aromatic carboxylic acids is 1. The van der Waals surface area contributed by atoms with Crippen molar-refractivity contribution in [3.05, 3.63) is 29.9 Å². The number of aromatic nitrogens is 2. The first-order chi connectivity index (χ1) is 6.24. The molecule has 1 N–H and O–H groups in total. The van der Waals surface area contributed by atoms with Gasteiger partial charge in [0.15, 0.2) is 0 Å². The molecule has 0 aliphatic rings. The van der Waals surface area contributed by atoms with Crippen molar-refractivity contribution in [2.75, 3.05) is 5.33 Å². The number of alkyl halides is 1. The zero-order chi connectivity index (χ0) is 9.68. The van der Waals surface area contributed by atoms with E-state index < -0.39 is 5.97 Å². The van der Waals surface area contributed by atoms with E-state index in [1.54, 1.807) is 6.08 Å². The lowest BCUT2D eigenvalue weighted by molar-refractivity contribution is 0.0683. The molecular weight excluding hydrogens is 236 g/mol. The number of hydrogen-bond acceptors (Lipinski definition) is 3. The van der Waals surface area contributed by atoms with Gasteiger partial charge >= 0.3 is 5.97 Å². The third-order valence-corrected chi connectivity index (χ3v) is 1.64. The predicted molar refractivity (Wildman–Crippen MR) is 51.8 cm³/mol. The summed E-state index contributed by atoms with van der Waals surface area (Å²) in [6.07, 6.45) is 6.62. The first-order valence-electron chi connectivity index (χ1n) is 3.52. The van der Waals surface area contributed by atoms with Gasteiger partial charge in [-0.15, -0.1) is 0 Å². The Morgan fingerprint density at radius 3 is 2.62 bits per heavy atom. The zero-order valence-electron chi connectivity index (χ0n) is 6.64. The van der Waals surface area contributed by atoms with E-state index in [1.165, 1.54) is 12.4 Å². The van der Waals surface area contributed by atoms with Gasteiger partial charge in [-0.1, -0.05) is 28.1 Å². The first kappa shape index (κ1) is 9.85. The molecule has 13 heavy (non-hydrogen) atoms. The monoisotopic (exact) mass is 242 g/mol. The van der Waals surface area contributed by atoms with E-state index in [2.05, 4.69) is 25.9 Å². The summed E-state index contributed by atoms with van der Waals surface area (Å²) in [6, 6.07) is 0. The Balaban J connectivity index is 2.81. The summed E-state index contributed by atoms with van der Waals surface area (Å²) in [5.74, 6) is -1.30. The van der Waals surface area contributed by atoms with E-state index in [4.69, 9.17) is 5.11 Å². The molecule has 68 valence electrons. The van der Waals surface area contributed by atoms with Crippen molar-refractivity contribution in [1.29, 1.82) is 0 Å². The summed E-state index contributed by atoms with van der Waals surface area (Å²) in [6.45, 7) is 0. The standard InChI is InChI=1S/C8H7BrN2O2/c9-3-1-2-6-4-10-7(8(12)13)11-5-6/h1-2,4-5H,3H2,(H,12,13). The van der Waals surface area contributed by atoms with Crippen molar-refractivity contribution < 1.29 is 9.90 Å². The minimum absolute atomic E-state index is 0.184. The second kappa shape index (κ2) is 4.71. The molecule has 0 aromatic carbocycles. The summed E-state index contributed by atoms with van der Waals surface area (Å²) in [5.41, 5.74) is 0.782. The molecule has 0 saturated carbocycles. The van der Waals surface area contributed by atoms with Crippen LogP contribution in [0.25, 0.3) is 6.08 Å². The van der Waals surface area contributed by atoms with Crippen LogP contribution in [-0.4, -0.2) is 26.4 Å². The quantitative estimate of drug-likeness (QED) is 0.818. The second-order valence-electron chi connectivity index (χ2n) is 2.20. The second-order valence-corrected chi connectivity index (χ2v) is 2.85. The normalized spacial score (nSPS) is 10.5. The van der Waals surface area contributed by atoms with Crippen LogP contribution in [0, 0.1) is 0 Å². The molecule has 0 amide bonds. The predicted octanol–water partition coefficient (Wildman–Crippen LogP) is 1.58. The SMILES string of the molecule is O=C(O)c1ncc(C=CCBr)cn1. The average Bonchev–Trinajstić information content (AvgIpc) is 2.15. The fraction of sp³-hybridized carbons (Fsp3) is 0.125. The number of nitrogens with zero attached hydrogens (tertiary/aromatic N) is 2. The molecule has 1 rings (SSSR count). The van der Waals surface area contributed by atoms with Gasteiger partial charge in [-0.05, 0) is 0 Å². The van der Waals surface area contributed by atoms with Crippen molar-refractivity contribution in [2.24, 2.45) is 0 Å². The summed E-state index contributed by atoms with van der Waals surface area (Å²) < 4.78 is 0. The molecule has 1 aromatic rings. The van der Waals surface area contributed by atoms with Gasteiger partial charge in [-0.25, -0.2) is 14.8 Å². The molecule has 4 nitrogen and oxygen atoms in total. The average molecular weight is 243 g/mol. The largest absolute Gasteiger partial charge is 0.475 e. The Hall–Kier alpha value is -1.23. The van der Waals surface area contributed by atoms with Crippen molar-refractivity contribution in [2.45, 2.75) is 0 Å². The minimum Gasteiger partial charge on any atom is -0.475 e. The number of allylic oxidation sites excluding steroid dienone is 1. The van der Waals surface area contributed by atoms with E-state index >= 15 is 0 Å². The number of carboxylic acids is 1. The molecule has 1 aromatic heterocycles. The van der Waals surface area contributed by atoms with Crippen molar-refractivity contribution in [3.63, 3.8) is 0 Å². The fourth-order valence-electron chi connectivity index (χ4n) is 0.715. The maximum atomic E-state index is 10.4. The molecule has 0 fully saturated rings. The number of carbonyl (C=O) groups is 1. The van der Waals surface area contributed by atoms with Gasteiger partial charge in [-0.3, -0.25) is 0 Å². The van der Waals surface area contributed by atoms with Gasteiger partial charge in [0.2, 0.25) is 5.82 Å². The zero-order valence-corrected chi connectivity index (χ0v) is 8.23. The highest BCUT2D eigenvalue weighted by atomic mass is 79.9. The maximum absolute atomic E-state index is 10.4. The summed E-state index contributed by atoms with van der Waals surface area (Å²) in [5, 5.41) is 9.24. The molecule has 0 bridgehead atoms. The number of hydrogen-bond donors (Lipinski definition) is 1. The van der Waals surface area contributed by atoms with Gasteiger partial charge in [0.25, 0.3) is 0 Å². The summed E-state index contributed by atoms with van der Waals surface area (Å²) in [7, 11) is 0. The summed E-state index contributed by atoms with van der Waals surface area (Å²) in [4.78, 5) is 17.7. The molecule has 5 heteroatoms. The molecular formula is C8H7BrN2O2. The number of halogens is 1. The maximum Gasteiger partial charge on any atom is 0.373 e. The fourth-order valence-corrected chi connectivity index (χ4v) is 0.902. The Kier molecular flexibility index (Phi) is 3.57. The van der Waals surface area contributed by atoms with Crippen LogP contribution in [0.5, 0.6) is 0 Å². The van der Waals surface area contributed by atoms with E-state index in [1.807, 2.05) is 6.08 Å². The number of carboxylic acid groups (broad SMARTS) is 1. The van der Waals surface area contributed by atoms with Crippen LogP contribution in [0.15, 0.2) is 18.5 Å². The van der Waals surface area contributed by atoms with E-state index in [-0.39, 0.29) is 5.82 Å². The van der Waals surface area contributed by atoms with E-state index in [0.717, 1.165) is 10.9 Å². The van der Waals surface area contributed by atoms with Gasteiger partial charge in [0, 0.05) is 23.3 Å². The van der Waals surface area contributed by atoms with Crippen LogP contribution in [0.1, 0.15) is 16.2 Å². The van der Waals surface area contributed by atoms with Crippen LogP contribution in [0.2, 0.25) is 0 Å². The highest BCUT2D eigenvalue weighted by molar-refractivity contribution is 9.09. The lowest BCUT2D eigenvalue weighted by atomic mass is 10.3. The van der Waals surface area contributed by atoms with Crippen molar-refractivity contribution in [1.82, 2.24) is 9.97 Å². The molecule has 0 radical (unpaired) electrons. The van der Waals surface area contributed by atoms with Crippen molar-refractivity contribution >= 4 is 28.0 Å². The number of rotatable bonds is 3. The first-order valence-corrected chi connectivity index (χ1v) is 4.64. The van der Waals surface area contributed by atoms with Crippen molar-refractivity contribution in [3.8, 4) is 0 Å². The topological polar surface area (TPSA) is 63.1 Å². The molecule has 0 aliphatic heterocycles. The van der Waals surface area contributed by atoms with Crippen LogP contribution in [0.3, 0.4) is 0 Å². The molecule has 0 spiro atoms. The Labute approximate surface area is 83.5 Å². The van der Waals surface area contributed by atoms with Gasteiger partial charge in [-0.2, -0.15) is 0 Å². The molecule has 0 atom stereocenters. The smallest absolute Gasteiger partial charge is 0.373 e. The Morgan fingerprint density at radius 1 is 1.54 bits per heavy atom. The van der Waals surface area contributed by atoms with E-state index in [0.29, 0.717) is 0 Å². The van der Waals surface area contributed by atoms with Crippen LogP contribution >= 0.6 is 15.9 Å². The Bertz CT molecular complexity index is 321. The van der Waals surface area contributed by atoms with Gasteiger partial charge in [0.1, 0.15) is 0 Å². The third-order valence-electron chi connectivity index (χ3n) is 1.26. The lowest BCUT2D eigenvalue weighted by Crippen LogP contribution is -2.02. The van der Waals surface area contributed by atoms with Crippen LogP contribution in [0.4, 0.5) is 0 Å². The van der Waals surface area contributed by atoms with Crippen LogP contribution in [-0.2, 0) is 0 Å². The molecule has 0 unspecified atom stereocenters. The lowest BCUT2D eigenvalue weighted by Gasteiger charge is -1.93. The van der Waals surface area contributed by atoms with E-state index in [9.17, 15) is 4.79 Å². The minimum atomic E-state index is -1.11. The highest BCUT2D eigenvalue weighted by Gasteiger charge is 2.03. The van der Waals surface area contributed by atoms with Gasteiger partial charge in [0.05, 0.1) is 0 Å². The third kappa shape index (κ3) is 2.95. The summed E-state index contributed by atoms with van der Waals surface area (Å²) >= 11 is 3.22.